The maximum atomic E-state index is 9.09. The molecule has 0 aromatic rings. The molecule has 0 spiro atoms. The van der Waals surface area contributed by atoms with Crippen LogP contribution in [0.4, 0.5) is 0 Å². The van der Waals surface area contributed by atoms with Crippen molar-refractivity contribution in [1.82, 2.24) is 3.43 Å². The molecule has 0 saturated carbocycles. The molecule has 0 aromatic heterocycles. The molecule has 0 heterocycles. The van der Waals surface area contributed by atoms with Crippen molar-refractivity contribution >= 4 is 313 Å². The standard InChI is InChI=1S/B41HIN/c1-22(2)32(21)37(31(19)20)40(38(33(23(3)4)24(5)6)34(25(7)8)26(9)10)41(43-42)39(35(27(11)12)28(13)14)36(29(15)16)30(17)18/h43H/q-1/i/hT. The van der Waals surface area contributed by atoms with Gasteiger partial charge < -0.3 is 11.2 Å². The molecule has 0 aromatic carbocycles. The SMILES string of the molecule is [3H]N(I)B(B(B(B([B])[B])B([B])[B])B(B([B])[B])B([B])[B])B(B(B([B])[B])B([B])B([B])[B-])B(B(B([B])[B])B([B])[B])B(B([B])[B])B([B])[B]. The molecular weight excluding hydrogens is 584 g/mol. The normalized spacial score (nSPS) is 10.2. The molecule has 137 valence electrons. The van der Waals surface area contributed by atoms with Gasteiger partial charge in [-0.25, -0.2) is 6.39 Å². The fourth-order valence-corrected chi connectivity index (χ4v) is 7.43. The second-order valence-corrected chi connectivity index (χ2v) is 12.1. The van der Waals surface area contributed by atoms with Crippen LogP contribution >= 0.6 is 22.9 Å². The maximum absolute atomic E-state index is 9.09. The Bertz CT molecular complexity index is 680. The Labute approximate surface area is 315 Å². The van der Waals surface area contributed by atoms with Gasteiger partial charge >= 0.3 is 0 Å². The third-order valence-corrected chi connectivity index (χ3v) is 9.10. The highest BCUT2D eigenvalue weighted by molar-refractivity contribution is 14.1. The van der Waals surface area contributed by atoms with Crippen LogP contribution in [0.1, 0.15) is 0 Å². The molecule has 0 aliphatic heterocycles. The van der Waals surface area contributed by atoms with Gasteiger partial charge in [-0.05, 0) is 50.1 Å². The summed E-state index contributed by atoms with van der Waals surface area (Å²) < 4.78 is 10.1. The minimum atomic E-state index is -1.30. The molecule has 43 heavy (non-hydrogen) atoms. The highest BCUT2D eigenvalue weighted by Gasteiger charge is 2.57. The predicted octanol–water partition coefficient (Wildman–Crippen LogP) is -15.2. The molecule has 0 amide bonds. The van der Waals surface area contributed by atoms with Crippen LogP contribution in [0.15, 0.2) is 0 Å². The zero-order chi connectivity index (χ0) is 35.1. The van der Waals surface area contributed by atoms with Gasteiger partial charge in [-0.15, -0.1) is 0 Å². The highest BCUT2D eigenvalue weighted by Crippen LogP contribution is 2.18. The van der Waals surface area contributed by atoms with Gasteiger partial charge in [0.1, 0.15) is 8.04 Å². The van der Waals surface area contributed by atoms with E-state index >= 15 is 0 Å². The summed E-state index contributed by atoms with van der Waals surface area (Å²) in [6.45, 7) is -1.24. The minimum absolute atomic E-state index is 0.988. The van der Waals surface area contributed by atoms with E-state index in [9.17, 15) is 0 Å². The fourth-order valence-electron chi connectivity index (χ4n) is 6.69. The maximum Gasteiger partial charge on any atom is 0.129 e. The lowest BCUT2D eigenvalue weighted by Crippen LogP contribution is -2.92. The van der Waals surface area contributed by atoms with E-state index in [2.05, 4.69) is 0 Å². The molecular formula is HB41IN-. The quantitative estimate of drug-likeness (QED) is 0.0849. The van der Waals surface area contributed by atoms with Crippen LogP contribution in [-0.4, -0.2) is 290 Å². The van der Waals surface area contributed by atoms with Crippen LogP contribution in [0.2, 0.25) is 1.41 Å². The first-order valence-electron chi connectivity index (χ1n) is 14.2. The van der Waals surface area contributed by atoms with Gasteiger partial charge in [0.25, 0.3) is 0 Å². The molecule has 43 heteroatoms. The van der Waals surface area contributed by atoms with Crippen LogP contribution < -0.4 is 3.43 Å². The second kappa shape index (κ2) is 21.5. The molecule has 0 bridgehead atoms. The zero-order valence-corrected chi connectivity index (χ0v) is 26.7. The van der Waals surface area contributed by atoms with Gasteiger partial charge in [0.2, 0.25) is 0 Å². The van der Waals surface area contributed by atoms with Crippen molar-refractivity contribution in [3.63, 3.8) is 0 Å². The lowest BCUT2D eigenvalue weighted by Gasteiger charge is -2.53. The summed E-state index contributed by atoms with van der Waals surface area (Å²) in [5.41, 5.74) is 0. The van der Waals surface area contributed by atoms with Gasteiger partial charge in [-0.1, -0.05) is 0 Å². The van der Waals surface area contributed by atoms with E-state index in [1.54, 1.807) is 22.9 Å². The highest BCUT2D eigenvalue weighted by atomic mass is 127. The van der Waals surface area contributed by atoms with Crippen molar-refractivity contribution in [2.24, 2.45) is 0 Å². The Morgan fingerprint density at radius 2 is 0.581 bits per heavy atom. The minimum Gasteiger partial charge on any atom is -0.687 e. The molecule has 0 saturated heterocycles. The Hall–Kier alpha value is 3.35. The van der Waals surface area contributed by atoms with E-state index in [0.29, 0.717) is 0 Å². The van der Waals surface area contributed by atoms with Crippen LogP contribution in [0, 0.1) is 0 Å². The number of rotatable bonds is 20. The number of hydrogen-bond acceptors (Lipinski definition) is 1. The summed E-state index contributed by atoms with van der Waals surface area (Å²) in [4.78, 5) is 0. The van der Waals surface area contributed by atoms with Crippen molar-refractivity contribution in [1.29, 1.82) is 0 Å². The van der Waals surface area contributed by atoms with Crippen molar-refractivity contribution < 1.29 is 1.41 Å². The molecule has 0 unspecified atom stereocenters. The van der Waals surface area contributed by atoms with E-state index in [1.807, 2.05) is 0 Å². The monoisotopic (exact) mass is 595 g/mol. The smallest absolute Gasteiger partial charge is 0.129 e. The summed E-state index contributed by atoms with van der Waals surface area (Å²) in [7, 11) is 132. The molecule has 1 nitrogen and oxygen atoms in total. The van der Waals surface area contributed by atoms with E-state index in [0.717, 1.165) is 3.43 Å². The Morgan fingerprint density at radius 3 is 0.767 bits per heavy atom. The Morgan fingerprint density at radius 1 is 0.372 bits per heavy atom. The number of halogens is 1. The molecule has 0 fully saturated rings. The third-order valence-electron chi connectivity index (χ3n) is 8.46. The lowest BCUT2D eigenvalue weighted by atomic mass is 8.30. The van der Waals surface area contributed by atoms with Crippen molar-refractivity contribution in [2.75, 3.05) is 0 Å². The van der Waals surface area contributed by atoms with Gasteiger partial charge in [0.05, 0.1) is 0 Å². The van der Waals surface area contributed by atoms with Gasteiger partial charge in [0.15, 0.2) is 0 Å². The van der Waals surface area contributed by atoms with E-state index < -0.39 is 128 Å². The van der Waals surface area contributed by atoms with Gasteiger partial charge in [-0.3, -0.25) is 0 Å². The average Bonchev–Trinajstić information content (AvgIpc) is 2.80. The Kier molecular flexibility index (Phi) is 22.2. The zero-order valence-electron chi connectivity index (χ0n) is 25.5. The lowest BCUT2D eigenvalue weighted by molar-refractivity contribution is 1.79. The van der Waals surface area contributed by atoms with Crippen LogP contribution in [0.3, 0.4) is 0 Å². The number of hydrogen-bond donors (Lipinski definition) is 1. The third kappa shape index (κ3) is 12.9. The summed E-state index contributed by atoms with van der Waals surface area (Å²) in [6, 6.07) is 0. The topological polar surface area (TPSA) is 12.0 Å². The largest absolute Gasteiger partial charge is 0.687 e. The van der Waals surface area contributed by atoms with E-state index in [1.165, 1.54) is 0 Å². The average molecular weight is 587 g/mol. The summed E-state index contributed by atoms with van der Waals surface area (Å²) in [5.74, 6) is 0. The first kappa shape index (κ1) is 44.4. The molecule has 43 radical (unpaired) electrons. The predicted molar refractivity (Wildman–Crippen MR) is 253 cm³/mol. The molecule has 0 rings (SSSR count). The number of nitrogens with one attached hydrogen (secondary N) is 1. The second-order valence-electron chi connectivity index (χ2n) is 11.6. The molecule has 1 N–H and O–H groups in total. The Balaban J connectivity index is 8.61. The van der Waals surface area contributed by atoms with Crippen molar-refractivity contribution in [3.05, 3.63) is 0 Å². The van der Waals surface area contributed by atoms with Gasteiger partial charge in [-0.2, -0.15) is 0 Å². The first-order chi connectivity index (χ1) is 19.9. The van der Waals surface area contributed by atoms with E-state index in [-0.39, 0.29) is 0 Å². The van der Waals surface area contributed by atoms with Crippen LogP contribution in [-0.2, 0) is 0 Å². The van der Waals surface area contributed by atoms with Gasteiger partial charge in [0, 0.05) is 242 Å². The van der Waals surface area contributed by atoms with Crippen molar-refractivity contribution in [2.45, 2.75) is 0 Å². The molecule has 0 atom stereocenters. The molecule has 0 aliphatic rings. The van der Waals surface area contributed by atoms with Crippen LogP contribution in [0.25, 0.3) is 0 Å². The summed E-state index contributed by atoms with van der Waals surface area (Å²) >= 11 is 1.68. The fraction of sp³-hybridized carbons (Fsp3) is 0. The summed E-state index contributed by atoms with van der Waals surface area (Å²) in [6.07, 6.45) is -22.5. The molecule has 0 aliphatic carbocycles. The van der Waals surface area contributed by atoms with Crippen molar-refractivity contribution in [3.8, 4) is 0 Å². The van der Waals surface area contributed by atoms with E-state index in [4.69, 9.17) is 164 Å². The summed E-state index contributed by atoms with van der Waals surface area (Å²) in [5, 5.41) is 0. The van der Waals surface area contributed by atoms with Crippen LogP contribution in [0.5, 0.6) is 0 Å². The first-order valence-corrected chi connectivity index (χ1v) is 14.7.